The lowest BCUT2D eigenvalue weighted by Crippen LogP contribution is -2.12. The highest BCUT2D eigenvalue weighted by Gasteiger charge is 2.16. The lowest BCUT2D eigenvalue weighted by molar-refractivity contribution is 0.100. The van der Waals surface area contributed by atoms with Crippen LogP contribution in [-0.2, 0) is 11.3 Å². The van der Waals surface area contributed by atoms with E-state index in [2.05, 4.69) is 29.6 Å². The van der Waals surface area contributed by atoms with Crippen LogP contribution in [0.25, 0.3) is 0 Å². The zero-order valence-corrected chi connectivity index (χ0v) is 9.65. The van der Waals surface area contributed by atoms with Gasteiger partial charge in [0, 0.05) is 31.5 Å². The van der Waals surface area contributed by atoms with Gasteiger partial charge in [-0.05, 0) is 19.3 Å². The van der Waals surface area contributed by atoms with Gasteiger partial charge in [-0.25, -0.2) is 4.98 Å². The van der Waals surface area contributed by atoms with Crippen LogP contribution in [-0.4, -0.2) is 22.3 Å². The average molecular weight is 208 g/mol. The first-order valence-corrected chi connectivity index (χ1v) is 5.90. The van der Waals surface area contributed by atoms with Gasteiger partial charge < -0.3 is 9.30 Å². The molecule has 1 atom stereocenters. The Hall–Kier alpha value is -0.830. The van der Waals surface area contributed by atoms with Crippen LogP contribution < -0.4 is 0 Å². The summed E-state index contributed by atoms with van der Waals surface area (Å²) in [6, 6.07) is 0. The molecule has 0 amide bonds. The molecular formula is C12H20N2O. The summed E-state index contributed by atoms with van der Waals surface area (Å²) < 4.78 is 7.87. The molecule has 2 heterocycles. The predicted octanol–water partition coefficient (Wildman–Crippen LogP) is 2.58. The minimum Gasteiger partial charge on any atom is -0.378 e. The Morgan fingerprint density at radius 2 is 2.47 bits per heavy atom. The van der Waals surface area contributed by atoms with Gasteiger partial charge in [-0.3, -0.25) is 0 Å². The average Bonchev–Trinajstić information content (AvgIpc) is 2.86. The van der Waals surface area contributed by atoms with Gasteiger partial charge in [-0.2, -0.15) is 0 Å². The summed E-state index contributed by atoms with van der Waals surface area (Å²) in [5.74, 6) is 1.69. The number of hydrogen-bond acceptors (Lipinski definition) is 2. The third-order valence-corrected chi connectivity index (χ3v) is 2.98. The van der Waals surface area contributed by atoms with Gasteiger partial charge in [-0.1, -0.05) is 13.8 Å². The molecule has 1 aliphatic heterocycles. The van der Waals surface area contributed by atoms with Crippen molar-refractivity contribution in [3.8, 4) is 0 Å². The molecule has 84 valence electrons. The molecule has 0 bridgehead atoms. The summed E-state index contributed by atoms with van der Waals surface area (Å²) in [6.45, 7) is 6.36. The van der Waals surface area contributed by atoms with Crippen molar-refractivity contribution in [3.05, 3.63) is 18.2 Å². The van der Waals surface area contributed by atoms with Crippen molar-refractivity contribution >= 4 is 0 Å². The highest BCUT2D eigenvalue weighted by molar-refractivity contribution is 4.97. The number of rotatable bonds is 4. The summed E-state index contributed by atoms with van der Waals surface area (Å²) in [7, 11) is 0. The Balaban J connectivity index is 1.89. The molecule has 2 rings (SSSR count). The second kappa shape index (κ2) is 4.79. The van der Waals surface area contributed by atoms with E-state index < -0.39 is 0 Å². The molecule has 1 fully saturated rings. The van der Waals surface area contributed by atoms with Gasteiger partial charge in [-0.15, -0.1) is 0 Å². The van der Waals surface area contributed by atoms with Gasteiger partial charge in [0.2, 0.25) is 0 Å². The van der Waals surface area contributed by atoms with Crippen LogP contribution in [0.3, 0.4) is 0 Å². The fourth-order valence-corrected chi connectivity index (χ4v) is 2.17. The third-order valence-electron chi connectivity index (χ3n) is 2.98. The zero-order valence-electron chi connectivity index (χ0n) is 9.65. The van der Waals surface area contributed by atoms with Crippen molar-refractivity contribution < 1.29 is 4.74 Å². The van der Waals surface area contributed by atoms with Crippen molar-refractivity contribution in [2.24, 2.45) is 0 Å². The normalized spacial score (nSPS) is 21.4. The maximum Gasteiger partial charge on any atom is 0.111 e. The number of imidazole rings is 1. The third kappa shape index (κ3) is 2.59. The quantitative estimate of drug-likeness (QED) is 0.760. The molecule has 0 aliphatic carbocycles. The second-order valence-corrected chi connectivity index (χ2v) is 4.56. The number of ether oxygens (including phenoxy) is 1. The van der Waals surface area contributed by atoms with Gasteiger partial charge in [0.15, 0.2) is 0 Å². The van der Waals surface area contributed by atoms with E-state index in [9.17, 15) is 0 Å². The molecule has 0 saturated carbocycles. The smallest absolute Gasteiger partial charge is 0.111 e. The Kier molecular flexibility index (Phi) is 3.41. The molecule has 0 spiro atoms. The molecule has 0 radical (unpaired) electrons. The van der Waals surface area contributed by atoms with Crippen LogP contribution in [0.1, 0.15) is 44.9 Å². The van der Waals surface area contributed by atoms with Gasteiger partial charge >= 0.3 is 0 Å². The van der Waals surface area contributed by atoms with Gasteiger partial charge in [0.25, 0.3) is 0 Å². The first-order valence-electron chi connectivity index (χ1n) is 5.90. The monoisotopic (exact) mass is 208 g/mol. The number of aromatic nitrogens is 2. The molecule has 3 heteroatoms. The van der Waals surface area contributed by atoms with E-state index in [1.807, 2.05) is 6.20 Å². The molecule has 1 unspecified atom stereocenters. The summed E-state index contributed by atoms with van der Waals surface area (Å²) in [4.78, 5) is 4.38. The van der Waals surface area contributed by atoms with Crippen molar-refractivity contribution in [2.45, 2.75) is 51.7 Å². The van der Waals surface area contributed by atoms with E-state index in [4.69, 9.17) is 4.74 Å². The molecule has 15 heavy (non-hydrogen) atoms. The molecule has 1 aromatic heterocycles. The van der Waals surface area contributed by atoms with Gasteiger partial charge in [0.1, 0.15) is 5.82 Å². The maximum atomic E-state index is 5.62. The van der Waals surface area contributed by atoms with Crippen LogP contribution in [0.15, 0.2) is 12.4 Å². The molecule has 3 nitrogen and oxygen atoms in total. The highest BCUT2D eigenvalue weighted by Crippen LogP contribution is 2.18. The van der Waals surface area contributed by atoms with Crippen LogP contribution in [0, 0.1) is 0 Å². The maximum absolute atomic E-state index is 5.62. The molecule has 1 aromatic rings. The van der Waals surface area contributed by atoms with Crippen molar-refractivity contribution in [2.75, 3.05) is 6.61 Å². The first-order chi connectivity index (χ1) is 7.27. The van der Waals surface area contributed by atoms with E-state index >= 15 is 0 Å². The van der Waals surface area contributed by atoms with Crippen molar-refractivity contribution in [1.82, 2.24) is 9.55 Å². The number of aryl methyl sites for hydroxylation is 1. The Bertz CT molecular complexity index is 300. The minimum absolute atomic E-state index is 0.479. The second-order valence-electron chi connectivity index (χ2n) is 4.56. The minimum atomic E-state index is 0.479. The van der Waals surface area contributed by atoms with Gasteiger partial charge in [0.05, 0.1) is 6.10 Å². The molecule has 0 aromatic carbocycles. The predicted molar refractivity (Wildman–Crippen MR) is 59.9 cm³/mol. The van der Waals surface area contributed by atoms with Crippen LogP contribution >= 0.6 is 0 Å². The van der Waals surface area contributed by atoms with Crippen molar-refractivity contribution in [1.29, 1.82) is 0 Å². The molecule has 1 aliphatic rings. The summed E-state index contributed by atoms with van der Waals surface area (Å²) in [6.07, 6.45) is 8.02. The fraction of sp³-hybridized carbons (Fsp3) is 0.750. The molecule has 0 N–H and O–H groups in total. The molecular weight excluding hydrogens is 188 g/mol. The van der Waals surface area contributed by atoms with Crippen LogP contribution in [0.5, 0.6) is 0 Å². The summed E-state index contributed by atoms with van der Waals surface area (Å²) >= 11 is 0. The number of hydrogen-bond donors (Lipinski definition) is 0. The van der Waals surface area contributed by atoms with Crippen LogP contribution in [0.4, 0.5) is 0 Å². The standard InChI is InChI=1S/C12H20N2O/c1-10(2)12-13-6-8-14(12)7-5-11-4-3-9-15-11/h6,8,10-11H,3-5,7,9H2,1-2H3. The lowest BCUT2D eigenvalue weighted by Gasteiger charge is -2.13. The summed E-state index contributed by atoms with van der Waals surface area (Å²) in [5.41, 5.74) is 0. The topological polar surface area (TPSA) is 27.1 Å². The SMILES string of the molecule is CC(C)c1nccn1CCC1CCCO1. The van der Waals surface area contributed by atoms with Crippen molar-refractivity contribution in [3.63, 3.8) is 0 Å². The largest absolute Gasteiger partial charge is 0.378 e. The Labute approximate surface area is 91.5 Å². The van der Waals surface area contributed by atoms with Crippen LogP contribution in [0.2, 0.25) is 0 Å². The van der Waals surface area contributed by atoms with E-state index in [1.54, 1.807) is 0 Å². The van der Waals surface area contributed by atoms with E-state index in [0.717, 1.165) is 19.6 Å². The lowest BCUT2D eigenvalue weighted by atomic mass is 10.1. The van der Waals surface area contributed by atoms with E-state index in [-0.39, 0.29) is 0 Å². The fourth-order valence-electron chi connectivity index (χ4n) is 2.17. The Morgan fingerprint density at radius 1 is 1.60 bits per heavy atom. The zero-order chi connectivity index (χ0) is 10.7. The Morgan fingerprint density at radius 3 is 3.13 bits per heavy atom. The summed E-state index contributed by atoms with van der Waals surface area (Å²) in [5, 5.41) is 0. The first kappa shape index (κ1) is 10.7. The highest BCUT2D eigenvalue weighted by atomic mass is 16.5. The van der Waals surface area contributed by atoms with E-state index in [0.29, 0.717) is 12.0 Å². The number of nitrogens with zero attached hydrogens (tertiary/aromatic N) is 2. The van der Waals surface area contributed by atoms with E-state index in [1.165, 1.54) is 18.7 Å². The molecule has 1 saturated heterocycles.